The minimum absolute atomic E-state index is 0.0469. The molecule has 0 saturated heterocycles. The summed E-state index contributed by atoms with van der Waals surface area (Å²) < 4.78 is 0. The number of carboxylic acid groups (broad SMARTS) is 1. The van der Waals surface area contributed by atoms with Crippen LogP contribution >= 0.6 is 11.6 Å². The molecular formula is C16H20ClNO3. The molecule has 0 aliphatic carbocycles. The monoisotopic (exact) mass is 309 g/mol. The van der Waals surface area contributed by atoms with Crippen LogP contribution in [0.2, 0.25) is 5.02 Å². The SMILES string of the molecule is CCCN(CCC)C(=O)c1ccc(/C=C/C(=O)O)c(Cl)c1. The number of benzene rings is 1. The summed E-state index contributed by atoms with van der Waals surface area (Å²) in [6, 6.07) is 4.92. The fraction of sp³-hybridized carbons (Fsp3) is 0.375. The van der Waals surface area contributed by atoms with E-state index in [0.29, 0.717) is 29.2 Å². The van der Waals surface area contributed by atoms with Crippen molar-refractivity contribution in [1.82, 2.24) is 4.90 Å². The maximum atomic E-state index is 12.4. The van der Waals surface area contributed by atoms with E-state index in [9.17, 15) is 9.59 Å². The molecule has 0 aliphatic rings. The first-order chi connectivity index (χ1) is 9.99. The van der Waals surface area contributed by atoms with Crippen LogP contribution in [-0.2, 0) is 4.79 Å². The summed E-state index contributed by atoms with van der Waals surface area (Å²) in [5.74, 6) is -1.09. The molecule has 1 aromatic rings. The zero-order valence-corrected chi connectivity index (χ0v) is 13.1. The first-order valence-electron chi connectivity index (χ1n) is 6.99. The molecule has 21 heavy (non-hydrogen) atoms. The average Bonchev–Trinajstić information content (AvgIpc) is 2.44. The Morgan fingerprint density at radius 2 is 1.86 bits per heavy atom. The first kappa shape index (κ1) is 17.2. The van der Waals surface area contributed by atoms with Crippen LogP contribution in [0.5, 0.6) is 0 Å². The average molecular weight is 310 g/mol. The second-order valence-electron chi connectivity index (χ2n) is 4.70. The highest BCUT2D eigenvalue weighted by Crippen LogP contribution is 2.20. The Kier molecular flexibility index (Phi) is 6.96. The Bertz CT molecular complexity index is 534. The smallest absolute Gasteiger partial charge is 0.328 e. The van der Waals surface area contributed by atoms with Gasteiger partial charge in [-0.15, -0.1) is 0 Å². The first-order valence-corrected chi connectivity index (χ1v) is 7.37. The lowest BCUT2D eigenvalue weighted by atomic mass is 10.1. The Balaban J connectivity index is 2.96. The van der Waals surface area contributed by atoms with Gasteiger partial charge in [0.2, 0.25) is 0 Å². The summed E-state index contributed by atoms with van der Waals surface area (Å²) >= 11 is 6.10. The number of nitrogens with zero attached hydrogens (tertiary/aromatic N) is 1. The van der Waals surface area contributed by atoms with Crippen molar-refractivity contribution in [2.24, 2.45) is 0 Å². The predicted molar refractivity (Wildman–Crippen MR) is 84.6 cm³/mol. The Labute approximate surface area is 130 Å². The third-order valence-electron chi connectivity index (χ3n) is 2.93. The summed E-state index contributed by atoms with van der Waals surface area (Å²) in [7, 11) is 0. The van der Waals surface area contributed by atoms with Gasteiger partial charge in [0.05, 0.1) is 0 Å². The number of hydrogen-bond acceptors (Lipinski definition) is 2. The zero-order chi connectivity index (χ0) is 15.8. The summed E-state index contributed by atoms with van der Waals surface area (Å²) in [6.45, 7) is 5.49. The van der Waals surface area contributed by atoms with E-state index in [1.807, 2.05) is 13.8 Å². The number of aliphatic carboxylic acids is 1. The number of amides is 1. The lowest BCUT2D eigenvalue weighted by Gasteiger charge is -2.21. The van der Waals surface area contributed by atoms with E-state index in [2.05, 4.69) is 0 Å². The third-order valence-corrected chi connectivity index (χ3v) is 3.25. The molecule has 0 aliphatic heterocycles. The molecule has 114 valence electrons. The van der Waals surface area contributed by atoms with Crippen LogP contribution in [0.3, 0.4) is 0 Å². The standard InChI is InChI=1S/C16H20ClNO3/c1-3-9-18(10-4-2)16(21)13-6-5-12(14(17)11-13)7-8-15(19)20/h5-8,11H,3-4,9-10H2,1-2H3,(H,19,20)/b8-7+. The van der Waals surface area contributed by atoms with Gasteiger partial charge in [0.15, 0.2) is 0 Å². The van der Waals surface area contributed by atoms with E-state index < -0.39 is 5.97 Å². The normalized spacial score (nSPS) is 10.8. The number of carbonyl (C=O) groups is 2. The van der Waals surface area contributed by atoms with Gasteiger partial charge in [-0.05, 0) is 36.6 Å². The van der Waals surface area contributed by atoms with Crippen molar-refractivity contribution < 1.29 is 14.7 Å². The highest BCUT2D eigenvalue weighted by atomic mass is 35.5. The van der Waals surface area contributed by atoms with Gasteiger partial charge in [-0.3, -0.25) is 4.79 Å². The molecule has 1 rings (SSSR count). The fourth-order valence-corrected chi connectivity index (χ4v) is 2.24. The fourth-order valence-electron chi connectivity index (χ4n) is 1.99. The zero-order valence-electron chi connectivity index (χ0n) is 12.3. The Morgan fingerprint density at radius 3 is 2.33 bits per heavy atom. The maximum absolute atomic E-state index is 12.4. The molecule has 1 N–H and O–H groups in total. The van der Waals surface area contributed by atoms with E-state index in [1.165, 1.54) is 6.08 Å². The maximum Gasteiger partial charge on any atom is 0.328 e. The van der Waals surface area contributed by atoms with Gasteiger partial charge in [0.25, 0.3) is 5.91 Å². The lowest BCUT2D eigenvalue weighted by Crippen LogP contribution is -2.32. The van der Waals surface area contributed by atoms with E-state index in [-0.39, 0.29) is 5.91 Å². The molecule has 4 nitrogen and oxygen atoms in total. The van der Waals surface area contributed by atoms with Gasteiger partial charge >= 0.3 is 5.97 Å². The molecule has 0 radical (unpaired) electrons. The van der Waals surface area contributed by atoms with Crippen molar-refractivity contribution in [3.05, 3.63) is 40.4 Å². The van der Waals surface area contributed by atoms with Gasteiger partial charge < -0.3 is 10.0 Å². The third kappa shape index (κ3) is 5.23. The summed E-state index contributed by atoms with van der Waals surface area (Å²) in [6.07, 6.45) is 4.23. The molecule has 0 unspecified atom stereocenters. The lowest BCUT2D eigenvalue weighted by molar-refractivity contribution is -0.131. The molecule has 1 aromatic carbocycles. The predicted octanol–water partition coefficient (Wildman–Crippen LogP) is 3.70. The van der Waals surface area contributed by atoms with Gasteiger partial charge in [0, 0.05) is 29.8 Å². The second-order valence-corrected chi connectivity index (χ2v) is 5.11. The minimum Gasteiger partial charge on any atom is -0.478 e. The molecule has 0 aromatic heterocycles. The van der Waals surface area contributed by atoms with Crippen LogP contribution in [0.15, 0.2) is 24.3 Å². The van der Waals surface area contributed by atoms with Crippen molar-refractivity contribution in [3.8, 4) is 0 Å². The van der Waals surface area contributed by atoms with Crippen LogP contribution in [0, 0.1) is 0 Å². The van der Waals surface area contributed by atoms with E-state index in [0.717, 1.165) is 18.9 Å². The number of hydrogen-bond donors (Lipinski definition) is 1. The number of rotatable bonds is 7. The van der Waals surface area contributed by atoms with Crippen LogP contribution in [-0.4, -0.2) is 35.0 Å². The van der Waals surface area contributed by atoms with E-state index in [4.69, 9.17) is 16.7 Å². The topological polar surface area (TPSA) is 57.6 Å². The highest BCUT2D eigenvalue weighted by Gasteiger charge is 2.15. The Morgan fingerprint density at radius 1 is 1.24 bits per heavy atom. The van der Waals surface area contributed by atoms with Gasteiger partial charge in [0.1, 0.15) is 0 Å². The number of carboxylic acids is 1. The van der Waals surface area contributed by atoms with Gasteiger partial charge in [-0.2, -0.15) is 0 Å². The number of carbonyl (C=O) groups excluding carboxylic acids is 1. The van der Waals surface area contributed by atoms with Crippen LogP contribution in [0.1, 0.15) is 42.6 Å². The quantitative estimate of drug-likeness (QED) is 0.781. The van der Waals surface area contributed by atoms with E-state index in [1.54, 1.807) is 23.1 Å². The van der Waals surface area contributed by atoms with Crippen molar-refractivity contribution in [3.63, 3.8) is 0 Å². The molecule has 1 amide bonds. The minimum atomic E-state index is -1.04. The molecule has 0 fully saturated rings. The van der Waals surface area contributed by atoms with Crippen LogP contribution < -0.4 is 0 Å². The molecule has 5 heteroatoms. The van der Waals surface area contributed by atoms with Crippen molar-refractivity contribution >= 4 is 29.6 Å². The van der Waals surface area contributed by atoms with Gasteiger partial charge in [-0.1, -0.05) is 31.5 Å². The molecule has 0 atom stereocenters. The summed E-state index contributed by atoms with van der Waals surface area (Å²) in [4.78, 5) is 24.7. The van der Waals surface area contributed by atoms with Crippen LogP contribution in [0.25, 0.3) is 6.08 Å². The van der Waals surface area contributed by atoms with Crippen molar-refractivity contribution in [1.29, 1.82) is 0 Å². The van der Waals surface area contributed by atoms with Crippen molar-refractivity contribution in [2.75, 3.05) is 13.1 Å². The molecule has 0 heterocycles. The Hall–Kier alpha value is -1.81. The largest absolute Gasteiger partial charge is 0.478 e. The van der Waals surface area contributed by atoms with Gasteiger partial charge in [-0.25, -0.2) is 4.79 Å². The van der Waals surface area contributed by atoms with Crippen molar-refractivity contribution in [2.45, 2.75) is 26.7 Å². The number of halogens is 1. The second kappa shape index (κ2) is 8.47. The van der Waals surface area contributed by atoms with Crippen LogP contribution in [0.4, 0.5) is 0 Å². The molecule has 0 bridgehead atoms. The molecule has 0 saturated carbocycles. The summed E-state index contributed by atoms with van der Waals surface area (Å²) in [5, 5.41) is 8.98. The summed E-state index contributed by atoms with van der Waals surface area (Å²) in [5.41, 5.74) is 1.10. The molecular weight excluding hydrogens is 290 g/mol. The molecule has 0 spiro atoms. The highest BCUT2D eigenvalue weighted by molar-refractivity contribution is 6.32. The van der Waals surface area contributed by atoms with E-state index >= 15 is 0 Å².